The summed E-state index contributed by atoms with van der Waals surface area (Å²) in [6, 6.07) is 0.650. The first-order valence-corrected chi connectivity index (χ1v) is 9.78. The first-order chi connectivity index (χ1) is 11.5. The number of likely N-dealkylation sites (tertiary alicyclic amines) is 1. The summed E-state index contributed by atoms with van der Waals surface area (Å²) in [5.41, 5.74) is 0. The largest absolute Gasteiger partial charge is 0.378 e. The Morgan fingerprint density at radius 3 is 2.52 bits per heavy atom. The van der Waals surface area contributed by atoms with E-state index in [1.54, 1.807) is 0 Å². The molecule has 150 valence electrons. The first-order valence-electron chi connectivity index (χ1n) is 9.78. The summed E-state index contributed by atoms with van der Waals surface area (Å²) in [6.45, 7) is 16.2. The molecule has 0 aromatic heterocycles. The second-order valence-corrected chi connectivity index (χ2v) is 7.50. The van der Waals surface area contributed by atoms with E-state index in [0.29, 0.717) is 24.0 Å². The Hall–Kier alpha value is -0.0800. The molecule has 5 nitrogen and oxygen atoms in total. The molecular formula is C19H41IN4O. The molecule has 25 heavy (non-hydrogen) atoms. The van der Waals surface area contributed by atoms with Crippen LogP contribution in [-0.4, -0.2) is 62.8 Å². The number of hydrogen-bond donors (Lipinski definition) is 2. The third-order valence-electron chi connectivity index (χ3n) is 4.91. The molecule has 1 fully saturated rings. The van der Waals surface area contributed by atoms with E-state index in [4.69, 9.17) is 4.74 Å². The summed E-state index contributed by atoms with van der Waals surface area (Å²) in [5.74, 6) is 2.17. The zero-order chi connectivity index (χ0) is 17.9. The maximum Gasteiger partial charge on any atom is 0.190 e. The van der Waals surface area contributed by atoms with Crippen LogP contribution in [0.1, 0.15) is 53.9 Å². The third-order valence-corrected chi connectivity index (χ3v) is 4.91. The summed E-state index contributed by atoms with van der Waals surface area (Å²) in [6.07, 6.45) is 3.95. The molecule has 0 spiro atoms. The van der Waals surface area contributed by atoms with E-state index in [1.165, 1.54) is 25.9 Å². The fourth-order valence-electron chi connectivity index (χ4n) is 3.35. The Morgan fingerprint density at radius 1 is 1.24 bits per heavy atom. The molecule has 1 saturated heterocycles. The fraction of sp³-hybridized carbons (Fsp3) is 0.947. The molecule has 0 radical (unpaired) electrons. The summed E-state index contributed by atoms with van der Waals surface area (Å²) < 4.78 is 5.80. The Kier molecular flexibility index (Phi) is 14.0. The van der Waals surface area contributed by atoms with E-state index < -0.39 is 0 Å². The van der Waals surface area contributed by atoms with Crippen molar-refractivity contribution in [2.75, 3.05) is 39.8 Å². The highest BCUT2D eigenvalue weighted by atomic mass is 127. The van der Waals surface area contributed by atoms with Gasteiger partial charge in [-0.3, -0.25) is 4.99 Å². The van der Waals surface area contributed by atoms with Crippen LogP contribution in [0.5, 0.6) is 0 Å². The summed E-state index contributed by atoms with van der Waals surface area (Å²) in [7, 11) is 1.85. The predicted molar refractivity (Wildman–Crippen MR) is 119 cm³/mol. The van der Waals surface area contributed by atoms with E-state index in [2.05, 4.69) is 55.1 Å². The lowest BCUT2D eigenvalue weighted by Gasteiger charge is -2.35. The van der Waals surface area contributed by atoms with Crippen molar-refractivity contribution in [1.82, 2.24) is 15.5 Å². The first kappa shape index (κ1) is 24.9. The highest BCUT2D eigenvalue weighted by Gasteiger charge is 2.21. The van der Waals surface area contributed by atoms with Crippen LogP contribution < -0.4 is 10.6 Å². The van der Waals surface area contributed by atoms with Crippen LogP contribution in [0.2, 0.25) is 0 Å². The van der Waals surface area contributed by atoms with Gasteiger partial charge >= 0.3 is 0 Å². The van der Waals surface area contributed by atoms with Gasteiger partial charge in [-0.05, 0) is 58.4 Å². The van der Waals surface area contributed by atoms with E-state index in [-0.39, 0.29) is 24.0 Å². The van der Waals surface area contributed by atoms with Crippen molar-refractivity contribution >= 4 is 29.9 Å². The van der Waals surface area contributed by atoms with E-state index >= 15 is 0 Å². The van der Waals surface area contributed by atoms with Gasteiger partial charge in [0.1, 0.15) is 0 Å². The summed E-state index contributed by atoms with van der Waals surface area (Å²) >= 11 is 0. The van der Waals surface area contributed by atoms with Crippen molar-refractivity contribution in [1.29, 1.82) is 0 Å². The monoisotopic (exact) mass is 468 g/mol. The topological polar surface area (TPSA) is 48.9 Å². The average molecular weight is 468 g/mol. The quantitative estimate of drug-likeness (QED) is 0.310. The van der Waals surface area contributed by atoms with Gasteiger partial charge in [-0.15, -0.1) is 24.0 Å². The van der Waals surface area contributed by atoms with Gasteiger partial charge in [0.15, 0.2) is 5.96 Å². The molecule has 2 atom stereocenters. The molecule has 1 aliphatic rings. The summed E-state index contributed by atoms with van der Waals surface area (Å²) in [5, 5.41) is 6.94. The highest BCUT2D eigenvalue weighted by molar-refractivity contribution is 14.0. The Labute approximate surface area is 172 Å². The molecule has 0 aromatic carbocycles. The van der Waals surface area contributed by atoms with Gasteiger partial charge < -0.3 is 20.3 Å². The number of nitrogens with zero attached hydrogens (tertiary/aromatic N) is 2. The number of piperidine rings is 1. The molecule has 1 aliphatic heterocycles. The zero-order valence-corrected chi connectivity index (χ0v) is 19.5. The normalized spacial score (nSPS) is 20.5. The molecule has 0 bridgehead atoms. The molecule has 2 unspecified atom stereocenters. The number of guanidine groups is 1. The molecule has 2 N–H and O–H groups in total. The van der Waals surface area contributed by atoms with E-state index in [9.17, 15) is 0 Å². The van der Waals surface area contributed by atoms with Gasteiger partial charge in [0.25, 0.3) is 0 Å². The van der Waals surface area contributed by atoms with Crippen LogP contribution in [-0.2, 0) is 4.74 Å². The fourth-order valence-corrected chi connectivity index (χ4v) is 3.35. The van der Waals surface area contributed by atoms with E-state index in [0.717, 1.165) is 32.1 Å². The lowest BCUT2D eigenvalue weighted by Crippen LogP contribution is -2.46. The Balaban J connectivity index is 0.00000576. The molecule has 0 amide bonds. The van der Waals surface area contributed by atoms with Gasteiger partial charge in [-0.1, -0.05) is 13.8 Å². The Morgan fingerprint density at radius 2 is 1.96 bits per heavy atom. The van der Waals surface area contributed by atoms with Crippen LogP contribution in [0.25, 0.3) is 0 Å². The minimum Gasteiger partial charge on any atom is -0.378 e. The van der Waals surface area contributed by atoms with Crippen LogP contribution in [0.4, 0.5) is 0 Å². The van der Waals surface area contributed by atoms with Crippen LogP contribution in [0.15, 0.2) is 4.99 Å². The van der Waals surface area contributed by atoms with Gasteiger partial charge in [-0.25, -0.2) is 0 Å². The molecule has 1 heterocycles. The maximum atomic E-state index is 5.80. The lowest BCUT2D eigenvalue weighted by atomic mass is 9.97. The molecule has 0 saturated carbocycles. The average Bonchev–Trinajstić information content (AvgIpc) is 2.57. The number of ether oxygens (including phenoxy) is 1. The SMILES string of the molecule is CCOC(CCNC(=NC)NCC1CCCN(C(C)C)C1)C(C)C.I. The van der Waals surface area contributed by atoms with Crippen LogP contribution in [0.3, 0.4) is 0 Å². The molecule has 0 aromatic rings. The van der Waals surface area contributed by atoms with Crippen molar-refractivity contribution in [2.24, 2.45) is 16.8 Å². The molecule has 6 heteroatoms. The number of aliphatic imine (C=N–C) groups is 1. The van der Waals surface area contributed by atoms with Crippen molar-refractivity contribution in [3.8, 4) is 0 Å². The highest BCUT2D eigenvalue weighted by Crippen LogP contribution is 2.17. The standard InChI is InChI=1S/C19H40N4O.HI/c1-7-24-18(15(2)3)10-11-21-19(20-6)22-13-17-9-8-12-23(14-17)16(4)5;/h15-18H,7-14H2,1-6H3,(H2,20,21,22);1H. The third kappa shape index (κ3) is 9.99. The Bertz CT molecular complexity index is 363. The number of nitrogens with one attached hydrogen (secondary N) is 2. The number of hydrogen-bond acceptors (Lipinski definition) is 3. The molecule has 1 rings (SSSR count). The second kappa shape index (κ2) is 14.0. The molecule has 0 aliphatic carbocycles. The van der Waals surface area contributed by atoms with Crippen molar-refractivity contribution in [3.05, 3.63) is 0 Å². The van der Waals surface area contributed by atoms with Crippen molar-refractivity contribution in [2.45, 2.75) is 66.0 Å². The molecular weight excluding hydrogens is 427 g/mol. The van der Waals surface area contributed by atoms with Gasteiger partial charge in [0, 0.05) is 39.3 Å². The van der Waals surface area contributed by atoms with Gasteiger partial charge in [0.2, 0.25) is 0 Å². The van der Waals surface area contributed by atoms with E-state index in [1.807, 2.05) is 7.05 Å². The van der Waals surface area contributed by atoms with Crippen LogP contribution >= 0.6 is 24.0 Å². The zero-order valence-electron chi connectivity index (χ0n) is 17.2. The van der Waals surface area contributed by atoms with Crippen LogP contribution in [0, 0.1) is 11.8 Å². The number of rotatable bonds is 9. The number of halogens is 1. The lowest BCUT2D eigenvalue weighted by molar-refractivity contribution is 0.0258. The minimum absolute atomic E-state index is 0. The van der Waals surface area contributed by atoms with Gasteiger partial charge in [0.05, 0.1) is 6.10 Å². The minimum atomic E-state index is 0. The maximum absolute atomic E-state index is 5.80. The van der Waals surface area contributed by atoms with Gasteiger partial charge in [-0.2, -0.15) is 0 Å². The second-order valence-electron chi connectivity index (χ2n) is 7.50. The summed E-state index contributed by atoms with van der Waals surface area (Å²) in [4.78, 5) is 6.94. The smallest absolute Gasteiger partial charge is 0.190 e. The van der Waals surface area contributed by atoms with Crippen molar-refractivity contribution < 1.29 is 4.74 Å². The predicted octanol–water partition coefficient (Wildman–Crippen LogP) is 3.34. The van der Waals surface area contributed by atoms with Crippen molar-refractivity contribution in [3.63, 3.8) is 0 Å².